The Hall–Kier alpha value is -5.75. The second kappa shape index (κ2) is 11.2. The molecule has 0 heterocycles. The highest BCUT2D eigenvalue weighted by molar-refractivity contribution is 6.30. The van der Waals surface area contributed by atoms with E-state index in [1.165, 1.54) is 0 Å². The smallest absolute Gasteiger partial charge is 0.255 e. The van der Waals surface area contributed by atoms with Crippen LogP contribution >= 0.6 is 0 Å². The molecular weight excluding hydrogens is 510 g/mol. The van der Waals surface area contributed by atoms with E-state index < -0.39 is 0 Å². The minimum atomic E-state index is -0.240. The summed E-state index contributed by atoms with van der Waals surface area (Å²) in [5, 5.41) is 9.25. The summed E-state index contributed by atoms with van der Waals surface area (Å²) in [4.78, 5) is 37.6. The number of hydrogen-bond acceptors (Lipinski definition) is 5. The molecule has 2 aliphatic rings. The van der Waals surface area contributed by atoms with Crippen molar-refractivity contribution in [3.63, 3.8) is 0 Å². The second-order valence-electron chi connectivity index (χ2n) is 9.58. The lowest BCUT2D eigenvalue weighted by Crippen LogP contribution is -2.11. The van der Waals surface area contributed by atoms with Crippen LogP contribution in [-0.4, -0.2) is 17.5 Å². The van der Waals surface area contributed by atoms with Crippen molar-refractivity contribution in [1.29, 1.82) is 0 Å². The number of ketones is 2. The van der Waals surface area contributed by atoms with Gasteiger partial charge in [0.25, 0.3) is 5.91 Å². The van der Waals surface area contributed by atoms with E-state index in [2.05, 4.69) is 16.0 Å². The quantitative estimate of drug-likeness (QED) is 0.231. The van der Waals surface area contributed by atoms with Gasteiger partial charge in [0.15, 0.2) is 11.6 Å². The average molecular weight is 536 g/mol. The molecule has 6 nitrogen and oxygen atoms in total. The Kier molecular flexibility index (Phi) is 6.95. The molecule has 2 aliphatic carbocycles. The Balaban J connectivity index is 1.08. The van der Waals surface area contributed by atoms with Crippen molar-refractivity contribution in [2.75, 3.05) is 16.0 Å². The summed E-state index contributed by atoms with van der Waals surface area (Å²) in [6.45, 7) is 0. The highest BCUT2D eigenvalue weighted by Crippen LogP contribution is 2.28. The zero-order valence-electron chi connectivity index (χ0n) is 21.9. The Morgan fingerprint density at radius 3 is 1.46 bits per heavy atom. The van der Waals surface area contributed by atoms with E-state index in [4.69, 9.17) is 0 Å². The molecule has 198 valence electrons. The topological polar surface area (TPSA) is 87.3 Å². The van der Waals surface area contributed by atoms with Gasteiger partial charge in [0, 0.05) is 46.2 Å². The fourth-order valence-electron chi connectivity index (χ4n) is 4.73. The van der Waals surface area contributed by atoms with Gasteiger partial charge in [-0.3, -0.25) is 14.4 Å². The van der Waals surface area contributed by atoms with Crippen LogP contribution in [-0.2, 0) is 9.59 Å². The van der Waals surface area contributed by atoms with Crippen LogP contribution in [0.4, 0.5) is 17.1 Å². The summed E-state index contributed by atoms with van der Waals surface area (Å²) in [5.74, 6) is -0.353. The fraction of sp³-hybridized carbons (Fsp3) is 0. The predicted molar refractivity (Wildman–Crippen MR) is 165 cm³/mol. The van der Waals surface area contributed by atoms with Crippen LogP contribution < -0.4 is 16.0 Å². The van der Waals surface area contributed by atoms with Gasteiger partial charge in [-0.2, -0.15) is 0 Å². The third kappa shape index (κ3) is 5.53. The lowest BCUT2D eigenvalue weighted by atomic mass is 9.92. The molecule has 4 aromatic rings. The van der Waals surface area contributed by atoms with Crippen LogP contribution in [0.15, 0.2) is 122 Å². The zero-order valence-corrected chi connectivity index (χ0v) is 21.9. The molecule has 4 aromatic carbocycles. The lowest BCUT2D eigenvalue weighted by Gasteiger charge is -2.14. The van der Waals surface area contributed by atoms with Crippen LogP contribution in [0, 0.1) is 0 Å². The molecule has 3 N–H and O–H groups in total. The Morgan fingerprint density at radius 1 is 0.512 bits per heavy atom. The molecule has 0 radical (unpaired) electrons. The number of fused-ring (bicyclic) bond motifs is 2. The van der Waals surface area contributed by atoms with Gasteiger partial charge in [-0.05, 0) is 82.9 Å². The van der Waals surface area contributed by atoms with Crippen LogP contribution in [0.3, 0.4) is 0 Å². The molecule has 41 heavy (non-hydrogen) atoms. The van der Waals surface area contributed by atoms with Crippen molar-refractivity contribution in [3.05, 3.63) is 149 Å². The molecule has 6 rings (SSSR count). The lowest BCUT2D eigenvalue weighted by molar-refractivity contribution is -0.110. The van der Waals surface area contributed by atoms with Gasteiger partial charge >= 0.3 is 0 Å². The van der Waals surface area contributed by atoms with E-state index in [-0.39, 0.29) is 17.5 Å². The second-order valence-corrected chi connectivity index (χ2v) is 9.58. The first kappa shape index (κ1) is 25.5. The molecule has 0 bridgehead atoms. The Bertz CT molecular complexity index is 1790. The average Bonchev–Trinajstić information content (AvgIpc) is 3.01. The third-order valence-corrected chi connectivity index (χ3v) is 6.92. The van der Waals surface area contributed by atoms with E-state index in [1.54, 1.807) is 61.0 Å². The molecule has 0 fully saturated rings. The number of amides is 1. The molecule has 0 aliphatic heterocycles. The molecule has 0 unspecified atom stereocenters. The predicted octanol–water partition coefficient (Wildman–Crippen LogP) is 7.04. The van der Waals surface area contributed by atoms with Gasteiger partial charge in [-0.15, -0.1) is 0 Å². The van der Waals surface area contributed by atoms with Crippen molar-refractivity contribution < 1.29 is 14.4 Å². The summed E-state index contributed by atoms with van der Waals surface area (Å²) in [6, 6.07) is 29.8. The van der Waals surface area contributed by atoms with E-state index in [0.29, 0.717) is 22.4 Å². The van der Waals surface area contributed by atoms with Crippen LogP contribution in [0.1, 0.15) is 32.6 Å². The highest BCUT2D eigenvalue weighted by Gasteiger charge is 2.17. The number of nitrogens with one attached hydrogen (secondary N) is 3. The maximum Gasteiger partial charge on any atom is 0.255 e. The number of benzene rings is 4. The van der Waals surface area contributed by atoms with E-state index in [1.807, 2.05) is 72.8 Å². The summed E-state index contributed by atoms with van der Waals surface area (Å²) in [5.41, 5.74) is 7.64. The van der Waals surface area contributed by atoms with Crippen molar-refractivity contribution >= 4 is 57.8 Å². The standard InChI is InChI=1S/C35H25N3O3/c39-33-19-11-23-5-1-3-7-29(23)31(33)21-36-26-13-9-25(10-14-26)35(41)38-28-17-15-27(16-18-28)37-22-32-30-8-4-2-6-24(30)12-20-34(32)40/h1-22,36-37H,(H,38,41). The molecule has 1 amide bonds. The highest BCUT2D eigenvalue weighted by atomic mass is 16.1. The molecular formula is C35H25N3O3. The fourth-order valence-corrected chi connectivity index (χ4v) is 4.73. The summed E-state index contributed by atoms with van der Waals surface area (Å²) in [6.07, 6.45) is 10.2. The first-order chi connectivity index (χ1) is 20.0. The first-order valence-corrected chi connectivity index (χ1v) is 13.1. The van der Waals surface area contributed by atoms with E-state index in [0.717, 1.165) is 33.6 Å². The molecule has 0 saturated carbocycles. The van der Waals surface area contributed by atoms with Gasteiger partial charge in [0.05, 0.1) is 0 Å². The van der Waals surface area contributed by atoms with Gasteiger partial charge in [-0.25, -0.2) is 0 Å². The Morgan fingerprint density at radius 2 is 0.951 bits per heavy atom. The van der Waals surface area contributed by atoms with Gasteiger partial charge < -0.3 is 16.0 Å². The summed E-state index contributed by atoms with van der Waals surface area (Å²) >= 11 is 0. The first-order valence-electron chi connectivity index (χ1n) is 13.1. The molecule has 0 spiro atoms. The Labute approximate surface area is 237 Å². The SMILES string of the molecule is O=C1C=Cc2ccccc2C1=CNc1ccc(NC(=O)c2ccc(NC=C3C(=O)C=Cc4ccccc43)cc2)cc1. The zero-order chi connectivity index (χ0) is 28.2. The van der Waals surface area contributed by atoms with E-state index in [9.17, 15) is 14.4 Å². The monoisotopic (exact) mass is 535 g/mol. The van der Waals surface area contributed by atoms with Gasteiger partial charge in [0.2, 0.25) is 0 Å². The van der Waals surface area contributed by atoms with Crippen LogP contribution in [0.5, 0.6) is 0 Å². The number of carbonyl (C=O) groups is 3. The summed E-state index contributed by atoms with van der Waals surface area (Å²) in [7, 11) is 0. The molecule has 0 atom stereocenters. The van der Waals surface area contributed by atoms with E-state index >= 15 is 0 Å². The van der Waals surface area contributed by atoms with Crippen LogP contribution in [0.25, 0.3) is 23.3 Å². The molecule has 0 saturated heterocycles. The van der Waals surface area contributed by atoms with Gasteiger partial charge in [0.1, 0.15) is 0 Å². The normalized spacial score (nSPS) is 15.4. The van der Waals surface area contributed by atoms with Gasteiger partial charge in [-0.1, -0.05) is 60.7 Å². The minimum Gasteiger partial charge on any atom is -0.361 e. The number of carbonyl (C=O) groups excluding carboxylic acids is 3. The number of hydrogen-bond donors (Lipinski definition) is 3. The van der Waals surface area contributed by atoms with Crippen molar-refractivity contribution in [2.45, 2.75) is 0 Å². The molecule has 6 heteroatoms. The number of rotatable bonds is 6. The maximum atomic E-state index is 12.8. The van der Waals surface area contributed by atoms with Crippen LogP contribution in [0.2, 0.25) is 0 Å². The number of anilines is 3. The maximum absolute atomic E-state index is 12.8. The molecule has 0 aromatic heterocycles. The minimum absolute atomic E-state index is 0.0529. The largest absolute Gasteiger partial charge is 0.361 e. The third-order valence-electron chi connectivity index (χ3n) is 6.92. The van der Waals surface area contributed by atoms with Crippen molar-refractivity contribution in [3.8, 4) is 0 Å². The van der Waals surface area contributed by atoms with Crippen molar-refractivity contribution in [2.24, 2.45) is 0 Å². The summed E-state index contributed by atoms with van der Waals surface area (Å²) < 4.78 is 0. The number of allylic oxidation sites excluding steroid dienone is 4. The van der Waals surface area contributed by atoms with Crippen molar-refractivity contribution in [1.82, 2.24) is 0 Å².